The molecule has 1 saturated heterocycles. The molecule has 0 radical (unpaired) electrons. The second kappa shape index (κ2) is 9.44. The first kappa shape index (κ1) is 26.0. The van der Waals surface area contributed by atoms with Crippen molar-refractivity contribution < 1.29 is 9.90 Å². The number of nitrogens with zero attached hydrogens (tertiary/aromatic N) is 3. The number of aliphatic imine (C=N–C) groups is 3. The van der Waals surface area contributed by atoms with Gasteiger partial charge in [-0.3, -0.25) is 4.79 Å². The van der Waals surface area contributed by atoms with Crippen LogP contribution in [0, 0.1) is 11.8 Å². The molecule has 4 N–H and O–H groups in total. The van der Waals surface area contributed by atoms with E-state index in [-0.39, 0.29) is 24.2 Å². The minimum absolute atomic E-state index is 0.0287. The summed E-state index contributed by atoms with van der Waals surface area (Å²) in [5.41, 5.74) is 19.8. The zero-order valence-corrected chi connectivity index (χ0v) is 23.8. The second-order valence-electron chi connectivity index (χ2n) is 11.2. The lowest BCUT2D eigenvalue weighted by Crippen LogP contribution is -2.17. The second-order valence-corrected chi connectivity index (χ2v) is 11.2. The molecule has 5 aliphatic heterocycles. The van der Waals surface area contributed by atoms with Gasteiger partial charge in [0.2, 0.25) is 5.91 Å². The predicted molar refractivity (Wildman–Crippen MR) is 161 cm³/mol. The van der Waals surface area contributed by atoms with Gasteiger partial charge in [0, 0.05) is 52.8 Å². The maximum atomic E-state index is 11.8. The highest BCUT2D eigenvalue weighted by Crippen LogP contribution is 2.46. The Labute approximate surface area is 235 Å². The predicted octanol–water partition coefficient (Wildman–Crippen LogP) is 6.11. The third-order valence-corrected chi connectivity index (χ3v) is 9.01. The first-order valence-electron chi connectivity index (χ1n) is 14.0. The summed E-state index contributed by atoms with van der Waals surface area (Å²) in [6.45, 7) is 14.6. The summed E-state index contributed by atoms with van der Waals surface area (Å²) in [7, 11) is 0. The van der Waals surface area contributed by atoms with E-state index in [9.17, 15) is 9.90 Å². The van der Waals surface area contributed by atoms with Crippen LogP contribution in [0.4, 0.5) is 0 Å². The highest BCUT2D eigenvalue weighted by atomic mass is 16.3. The Morgan fingerprint density at radius 3 is 2.52 bits per heavy atom. The molecule has 1 aliphatic carbocycles. The fourth-order valence-corrected chi connectivity index (χ4v) is 6.68. The van der Waals surface area contributed by atoms with Crippen LogP contribution in [0.5, 0.6) is 0 Å². The Balaban J connectivity index is 1.62. The van der Waals surface area contributed by atoms with Gasteiger partial charge in [0.25, 0.3) is 0 Å². The largest absolute Gasteiger partial charge is 0.511 e. The highest BCUT2D eigenvalue weighted by molar-refractivity contribution is 6.21. The van der Waals surface area contributed by atoms with Crippen LogP contribution in [0.2, 0.25) is 0 Å². The molecule has 0 aromatic rings. The van der Waals surface area contributed by atoms with Crippen molar-refractivity contribution in [1.82, 2.24) is 5.32 Å². The number of aliphatic hydroxyl groups excluding tert-OH is 1. The number of fused-ring (bicyclic) bond motifs is 5. The number of primary amides is 1. The van der Waals surface area contributed by atoms with Gasteiger partial charge in [0.15, 0.2) is 0 Å². The Morgan fingerprint density at radius 2 is 1.82 bits per heavy atom. The standard InChI is InChI=1S/C33H35N5O2/c1-7-19-15(3)23-12-25-17(5)21(9-10-30(34)40)32(37-25)22-11-29(39)31-18(6)26(38-33(22)31)14-28-20(8-2)16(4)24(36-28)13-27(19)35-23/h7,12-14,17,21,37,39H,1,8-11H2,2-6H3,(H2,34,40)/t17-,21-/m0/s1. The Hall–Kier alpha value is -4.26. The normalized spacial score (nSPS) is 25.3. The molecular formula is C33H35N5O2. The van der Waals surface area contributed by atoms with Crippen molar-refractivity contribution in [2.45, 2.75) is 60.3 Å². The molecule has 0 spiro atoms. The van der Waals surface area contributed by atoms with Gasteiger partial charge < -0.3 is 16.2 Å². The van der Waals surface area contributed by atoms with Gasteiger partial charge in [0.05, 0.1) is 34.2 Å². The van der Waals surface area contributed by atoms with E-state index in [1.165, 1.54) is 5.57 Å². The van der Waals surface area contributed by atoms with Crippen molar-refractivity contribution in [3.05, 3.63) is 104 Å². The first-order chi connectivity index (χ1) is 19.1. The van der Waals surface area contributed by atoms with Crippen molar-refractivity contribution in [3.63, 3.8) is 0 Å². The summed E-state index contributed by atoms with van der Waals surface area (Å²) in [5.74, 6) is 0.130. The fourth-order valence-electron chi connectivity index (χ4n) is 6.68. The number of aliphatic hydroxyl groups is 1. The first-order valence-corrected chi connectivity index (χ1v) is 14.0. The molecule has 2 atom stereocenters. The third kappa shape index (κ3) is 3.86. The lowest BCUT2D eigenvalue weighted by atomic mass is 9.86. The average Bonchev–Trinajstić information content (AvgIpc) is 3.65. The monoisotopic (exact) mass is 533 g/mol. The molecule has 204 valence electrons. The summed E-state index contributed by atoms with van der Waals surface area (Å²) < 4.78 is 0. The summed E-state index contributed by atoms with van der Waals surface area (Å²) >= 11 is 0. The Kier molecular flexibility index (Phi) is 6.13. The molecule has 7 nitrogen and oxygen atoms in total. The van der Waals surface area contributed by atoms with Crippen LogP contribution >= 0.6 is 0 Å². The summed E-state index contributed by atoms with van der Waals surface area (Å²) in [5, 5.41) is 14.8. The van der Waals surface area contributed by atoms with Crippen LogP contribution < -0.4 is 11.1 Å². The number of rotatable bonds is 5. The third-order valence-electron chi connectivity index (χ3n) is 9.01. The number of carbonyl (C=O) groups is 1. The topological polar surface area (TPSA) is 112 Å². The van der Waals surface area contributed by atoms with Crippen LogP contribution in [0.25, 0.3) is 0 Å². The van der Waals surface area contributed by atoms with Crippen molar-refractivity contribution in [3.8, 4) is 0 Å². The van der Waals surface area contributed by atoms with Gasteiger partial charge in [-0.25, -0.2) is 15.0 Å². The van der Waals surface area contributed by atoms with Crippen molar-refractivity contribution >= 4 is 23.0 Å². The maximum Gasteiger partial charge on any atom is 0.217 e. The Bertz CT molecular complexity index is 1660. The summed E-state index contributed by atoms with van der Waals surface area (Å²) in [4.78, 5) is 26.9. The van der Waals surface area contributed by atoms with Gasteiger partial charge >= 0.3 is 0 Å². The van der Waals surface area contributed by atoms with E-state index < -0.39 is 0 Å². The number of hydrogen-bond donors (Lipinski definition) is 3. The van der Waals surface area contributed by atoms with Crippen LogP contribution in [0.1, 0.15) is 60.3 Å². The van der Waals surface area contributed by atoms with Crippen molar-refractivity contribution in [1.29, 1.82) is 0 Å². The molecule has 6 rings (SSSR count). The molecule has 5 heterocycles. The fraction of sp³-hybridized carbons (Fsp3) is 0.333. The van der Waals surface area contributed by atoms with Gasteiger partial charge in [-0.1, -0.05) is 26.5 Å². The van der Waals surface area contributed by atoms with Crippen LogP contribution in [-0.4, -0.2) is 28.1 Å². The number of nitrogens with two attached hydrogens (primary N) is 1. The summed E-state index contributed by atoms with van der Waals surface area (Å²) in [6.07, 6.45) is 10.2. The van der Waals surface area contributed by atoms with Gasteiger partial charge in [-0.2, -0.15) is 0 Å². The van der Waals surface area contributed by atoms with E-state index in [4.69, 9.17) is 20.7 Å². The molecule has 7 heteroatoms. The molecule has 40 heavy (non-hydrogen) atoms. The van der Waals surface area contributed by atoms with E-state index >= 15 is 0 Å². The zero-order valence-electron chi connectivity index (χ0n) is 23.8. The molecule has 0 aromatic carbocycles. The lowest BCUT2D eigenvalue weighted by molar-refractivity contribution is -0.118. The van der Waals surface area contributed by atoms with E-state index in [0.717, 1.165) is 85.5 Å². The quantitative estimate of drug-likeness (QED) is 0.396. The van der Waals surface area contributed by atoms with Crippen LogP contribution in [0.15, 0.2) is 119 Å². The molecule has 0 aromatic heterocycles. The molecule has 1 amide bonds. The zero-order chi connectivity index (χ0) is 28.5. The highest BCUT2D eigenvalue weighted by Gasteiger charge is 2.41. The van der Waals surface area contributed by atoms with Gasteiger partial charge in [-0.15, -0.1) is 0 Å². The van der Waals surface area contributed by atoms with Crippen molar-refractivity contribution in [2.75, 3.05) is 0 Å². The summed E-state index contributed by atoms with van der Waals surface area (Å²) in [6, 6.07) is 0. The smallest absolute Gasteiger partial charge is 0.217 e. The molecule has 0 unspecified atom stereocenters. The molecular weight excluding hydrogens is 498 g/mol. The van der Waals surface area contributed by atoms with Gasteiger partial charge in [0.1, 0.15) is 5.76 Å². The maximum absolute atomic E-state index is 11.8. The SMILES string of the molecule is C=CC1=C(C)C2=NC1=CC1=NC(=CC3=C(C)C4=C(O)CC(=C5NC(=C2)[C@@H](C)[C@@H]5CCC(N)=O)C4=N3)C(CC)=C1C. The van der Waals surface area contributed by atoms with Crippen molar-refractivity contribution in [2.24, 2.45) is 32.5 Å². The molecule has 1 fully saturated rings. The lowest BCUT2D eigenvalue weighted by Gasteiger charge is -2.17. The Morgan fingerprint density at radius 1 is 1.10 bits per heavy atom. The van der Waals surface area contributed by atoms with Crippen LogP contribution in [-0.2, 0) is 4.79 Å². The number of allylic oxidation sites excluding steroid dienone is 12. The van der Waals surface area contributed by atoms with Gasteiger partial charge in [-0.05, 0) is 74.1 Å². The van der Waals surface area contributed by atoms with E-state index in [2.05, 4.69) is 51.7 Å². The molecule has 0 saturated carbocycles. The molecule has 8 bridgehead atoms. The number of carbonyl (C=O) groups excluding carboxylic acids is 1. The number of amides is 1. The van der Waals surface area contributed by atoms with E-state index in [1.54, 1.807) is 0 Å². The number of nitrogens with one attached hydrogen (secondary N) is 1. The number of hydrogen-bond acceptors (Lipinski definition) is 6. The van der Waals surface area contributed by atoms with Crippen LogP contribution in [0.3, 0.4) is 0 Å². The molecule has 6 aliphatic rings. The minimum Gasteiger partial charge on any atom is -0.511 e. The average molecular weight is 534 g/mol. The van der Waals surface area contributed by atoms with E-state index in [1.807, 2.05) is 19.1 Å². The van der Waals surface area contributed by atoms with E-state index in [0.29, 0.717) is 18.6 Å². The minimum atomic E-state index is -0.319.